The third kappa shape index (κ3) is 5.65. The van der Waals surface area contributed by atoms with Gasteiger partial charge in [0.1, 0.15) is 11.1 Å². The predicted molar refractivity (Wildman–Crippen MR) is 125 cm³/mol. The summed E-state index contributed by atoms with van der Waals surface area (Å²) in [6.45, 7) is 1.08. The monoisotopic (exact) mass is 473 g/mol. The average molecular weight is 474 g/mol. The van der Waals surface area contributed by atoms with Crippen LogP contribution in [0.25, 0.3) is 0 Å². The molecule has 2 N–H and O–H groups in total. The van der Waals surface area contributed by atoms with Gasteiger partial charge in [-0.05, 0) is 37.8 Å². The normalized spacial score (nSPS) is 22.6. The van der Waals surface area contributed by atoms with Crippen LogP contribution in [0.1, 0.15) is 42.5 Å². The van der Waals surface area contributed by atoms with Gasteiger partial charge in [-0.15, -0.1) is 0 Å². The summed E-state index contributed by atoms with van der Waals surface area (Å²) in [6.07, 6.45) is 4.64. The second-order valence-corrected chi connectivity index (χ2v) is 8.94. The van der Waals surface area contributed by atoms with Crippen LogP contribution in [0.2, 0.25) is 5.02 Å². The number of rotatable bonds is 5. The van der Waals surface area contributed by atoms with Crippen molar-refractivity contribution in [3.05, 3.63) is 57.5 Å². The van der Waals surface area contributed by atoms with Crippen LogP contribution >= 0.6 is 11.6 Å². The first-order valence-electron chi connectivity index (χ1n) is 11.2. The third-order valence-corrected chi connectivity index (χ3v) is 6.59. The van der Waals surface area contributed by atoms with Gasteiger partial charge in [0, 0.05) is 37.7 Å². The number of aryl methyl sites for hydroxylation is 1. The van der Waals surface area contributed by atoms with Gasteiger partial charge < -0.3 is 20.3 Å². The van der Waals surface area contributed by atoms with Gasteiger partial charge in [0.05, 0.1) is 18.4 Å². The van der Waals surface area contributed by atoms with Crippen molar-refractivity contribution in [1.29, 1.82) is 0 Å². The van der Waals surface area contributed by atoms with Gasteiger partial charge in [0.25, 0.3) is 11.5 Å². The first-order valence-corrected chi connectivity index (χ1v) is 11.6. The number of nitrogens with one attached hydrogen (secondary N) is 2. The molecule has 2 aliphatic rings. The number of hydrogen-bond donors (Lipinski definition) is 2. The van der Waals surface area contributed by atoms with Crippen LogP contribution in [-0.2, 0) is 11.8 Å². The predicted octanol–water partition coefficient (Wildman–Crippen LogP) is 2.48. The van der Waals surface area contributed by atoms with Gasteiger partial charge >= 0.3 is 6.09 Å². The van der Waals surface area contributed by atoms with Crippen molar-refractivity contribution in [2.24, 2.45) is 7.05 Å². The van der Waals surface area contributed by atoms with E-state index in [2.05, 4.69) is 15.7 Å². The Balaban J connectivity index is 1.20. The lowest BCUT2D eigenvalue weighted by molar-refractivity contribution is 0.0909. The molecule has 0 unspecified atom stereocenters. The molecule has 0 spiro atoms. The molecule has 1 aliphatic carbocycles. The summed E-state index contributed by atoms with van der Waals surface area (Å²) in [5.41, 5.74) is 0.855. The number of ether oxygens (including phenoxy) is 1. The Kier molecular flexibility index (Phi) is 7.17. The summed E-state index contributed by atoms with van der Waals surface area (Å²) in [6, 6.07) is 9.29. The van der Waals surface area contributed by atoms with E-state index >= 15 is 0 Å². The molecule has 9 nitrogen and oxygen atoms in total. The number of carbonyl (C=O) groups excluding carboxylic acids is 2. The molecule has 1 atom stereocenters. The molecule has 1 aromatic carbocycles. The second kappa shape index (κ2) is 10.2. The Labute approximate surface area is 197 Å². The van der Waals surface area contributed by atoms with Crippen molar-refractivity contribution in [2.75, 3.05) is 18.0 Å². The van der Waals surface area contributed by atoms with Crippen LogP contribution in [0.5, 0.6) is 0 Å². The van der Waals surface area contributed by atoms with E-state index in [0.29, 0.717) is 30.8 Å². The number of nitrogens with zero attached hydrogens (tertiary/aromatic N) is 3. The van der Waals surface area contributed by atoms with Crippen molar-refractivity contribution in [3.63, 3.8) is 0 Å². The van der Waals surface area contributed by atoms with Gasteiger partial charge in [0.15, 0.2) is 0 Å². The summed E-state index contributed by atoms with van der Waals surface area (Å²) in [5.74, 6) is -0.0659. The zero-order valence-electron chi connectivity index (χ0n) is 18.5. The SMILES string of the molecule is Cn1ncc(N2CC[C@@H](OC(=O)N[C@H]3CC[C@H](NC(=O)c4ccccc4)CC3)C2)c(Cl)c1=O. The number of hydrogen-bond acceptors (Lipinski definition) is 6. The molecule has 33 heavy (non-hydrogen) atoms. The number of alkyl carbamates (subject to hydrolysis) is 1. The lowest BCUT2D eigenvalue weighted by Crippen LogP contribution is -2.44. The number of halogens is 1. The maximum absolute atomic E-state index is 12.4. The van der Waals surface area contributed by atoms with E-state index in [0.717, 1.165) is 25.7 Å². The molecule has 2 fully saturated rings. The molecule has 2 amide bonds. The topological polar surface area (TPSA) is 106 Å². The molecule has 1 saturated heterocycles. The van der Waals surface area contributed by atoms with Crippen molar-refractivity contribution in [3.8, 4) is 0 Å². The van der Waals surface area contributed by atoms with Gasteiger partial charge in [0.2, 0.25) is 0 Å². The highest BCUT2D eigenvalue weighted by Crippen LogP contribution is 2.26. The van der Waals surface area contributed by atoms with Gasteiger partial charge in [-0.3, -0.25) is 9.59 Å². The van der Waals surface area contributed by atoms with E-state index in [1.54, 1.807) is 25.4 Å². The van der Waals surface area contributed by atoms with Crippen LogP contribution in [0.3, 0.4) is 0 Å². The first-order chi connectivity index (χ1) is 15.9. The molecular formula is C23H28ClN5O4. The summed E-state index contributed by atoms with van der Waals surface area (Å²) >= 11 is 6.18. The van der Waals surface area contributed by atoms with Crippen LogP contribution in [-0.4, -0.2) is 53.1 Å². The minimum absolute atomic E-state index is 0.0238. The van der Waals surface area contributed by atoms with Gasteiger partial charge in [-0.2, -0.15) is 5.10 Å². The highest BCUT2D eigenvalue weighted by atomic mass is 35.5. The van der Waals surface area contributed by atoms with Crippen molar-refractivity contribution < 1.29 is 14.3 Å². The molecule has 1 aliphatic heterocycles. The molecule has 2 heterocycles. The highest BCUT2D eigenvalue weighted by molar-refractivity contribution is 6.33. The lowest BCUT2D eigenvalue weighted by Gasteiger charge is -2.29. The number of benzene rings is 1. The minimum Gasteiger partial charge on any atom is -0.444 e. The molecule has 4 rings (SSSR count). The maximum Gasteiger partial charge on any atom is 0.407 e. The summed E-state index contributed by atoms with van der Waals surface area (Å²) < 4.78 is 6.79. The van der Waals surface area contributed by atoms with Crippen LogP contribution < -0.4 is 21.1 Å². The fraction of sp³-hybridized carbons (Fsp3) is 0.478. The molecule has 176 valence electrons. The van der Waals surface area contributed by atoms with Gasteiger partial charge in [-0.1, -0.05) is 29.8 Å². The van der Waals surface area contributed by atoms with E-state index in [1.165, 1.54) is 4.68 Å². The third-order valence-electron chi connectivity index (χ3n) is 6.24. The Morgan fingerprint density at radius 2 is 1.73 bits per heavy atom. The zero-order chi connectivity index (χ0) is 23.4. The molecule has 1 aromatic heterocycles. The summed E-state index contributed by atoms with van der Waals surface area (Å²) in [4.78, 5) is 38.6. The number of amides is 2. The van der Waals surface area contributed by atoms with E-state index in [-0.39, 0.29) is 34.7 Å². The number of aromatic nitrogens is 2. The van der Waals surface area contributed by atoms with E-state index < -0.39 is 6.09 Å². The smallest absolute Gasteiger partial charge is 0.407 e. The summed E-state index contributed by atoms with van der Waals surface area (Å²) in [5, 5.41) is 10.2. The maximum atomic E-state index is 12.4. The Hall–Kier alpha value is -3.07. The minimum atomic E-state index is -0.438. The van der Waals surface area contributed by atoms with Crippen LogP contribution in [0, 0.1) is 0 Å². The molecule has 0 bridgehead atoms. The largest absolute Gasteiger partial charge is 0.444 e. The quantitative estimate of drug-likeness (QED) is 0.691. The van der Waals surface area contributed by atoms with Gasteiger partial charge in [-0.25, -0.2) is 9.48 Å². The number of anilines is 1. The van der Waals surface area contributed by atoms with Crippen molar-refractivity contribution in [1.82, 2.24) is 20.4 Å². The van der Waals surface area contributed by atoms with Crippen molar-refractivity contribution in [2.45, 2.75) is 50.3 Å². The molecule has 2 aromatic rings. The van der Waals surface area contributed by atoms with E-state index in [1.807, 2.05) is 23.1 Å². The molecule has 10 heteroatoms. The zero-order valence-corrected chi connectivity index (χ0v) is 19.3. The summed E-state index contributed by atoms with van der Waals surface area (Å²) in [7, 11) is 1.54. The van der Waals surface area contributed by atoms with Crippen molar-refractivity contribution >= 4 is 29.3 Å². The van der Waals surface area contributed by atoms with E-state index in [4.69, 9.17) is 16.3 Å². The molecule has 1 saturated carbocycles. The second-order valence-electron chi connectivity index (χ2n) is 8.57. The average Bonchev–Trinajstić information content (AvgIpc) is 3.27. The van der Waals surface area contributed by atoms with Crippen LogP contribution in [0.15, 0.2) is 41.3 Å². The highest BCUT2D eigenvalue weighted by Gasteiger charge is 2.30. The lowest BCUT2D eigenvalue weighted by atomic mass is 9.91. The van der Waals surface area contributed by atoms with E-state index in [9.17, 15) is 14.4 Å². The number of carbonyl (C=O) groups is 2. The Morgan fingerprint density at radius 3 is 2.42 bits per heavy atom. The Bertz CT molecular complexity index is 1050. The molecule has 0 radical (unpaired) electrons. The Morgan fingerprint density at radius 1 is 1.06 bits per heavy atom. The molecular weight excluding hydrogens is 446 g/mol. The fourth-order valence-electron chi connectivity index (χ4n) is 4.36. The van der Waals surface area contributed by atoms with Crippen LogP contribution in [0.4, 0.5) is 10.5 Å². The first kappa shape index (κ1) is 23.1. The fourth-order valence-corrected chi connectivity index (χ4v) is 4.65. The standard InChI is InChI=1S/C23H28ClN5O4/c1-28-22(31)20(24)19(13-25-28)29-12-11-18(14-29)33-23(32)27-17-9-7-16(8-10-17)26-21(30)15-5-3-2-4-6-15/h2-6,13,16-18H,7-12,14H2,1H3,(H,26,30)(H,27,32)/t16-,17-,18-/m1/s1.